The van der Waals surface area contributed by atoms with Crippen LogP contribution in [0.3, 0.4) is 0 Å². The zero-order chi connectivity index (χ0) is 50.3. The quantitative estimate of drug-likeness (QED) is 0.0981. The van der Waals surface area contributed by atoms with E-state index in [4.69, 9.17) is 0 Å². The Morgan fingerprint density at radius 3 is 0.477 bits per heavy atom. The fraction of sp³-hybridized carbons (Fsp3) is 0. The molecule has 0 saturated carbocycles. The molecule has 0 aliphatic carbocycles. The molecule has 0 aromatic carbocycles. The van der Waals surface area contributed by atoms with E-state index in [2.05, 4.69) is 39.9 Å². The Bertz CT molecular complexity index is 1860. The van der Waals surface area contributed by atoms with Crippen molar-refractivity contribution >= 4 is 31.2 Å². The predicted molar refractivity (Wildman–Crippen MR) is 192 cm³/mol. The van der Waals surface area contributed by atoms with E-state index >= 15 is 0 Å². The van der Waals surface area contributed by atoms with Gasteiger partial charge in [-0.25, -0.2) is 19.9 Å². The Morgan fingerprint density at radius 2 is 0.354 bits per heavy atom. The first-order valence-electron chi connectivity index (χ1n) is 15.1. The number of rotatable bonds is 3. The van der Waals surface area contributed by atoms with Crippen molar-refractivity contribution in [3.8, 4) is 34.4 Å². The van der Waals surface area contributed by atoms with Crippen molar-refractivity contribution in [1.29, 1.82) is 0 Å². The van der Waals surface area contributed by atoms with Crippen molar-refractivity contribution < 1.29 is 120 Å². The molecule has 0 amide bonds. The fourth-order valence-electron chi connectivity index (χ4n) is 2.89. The first kappa shape index (κ1) is 62.5. The van der Waals surface area contributed by atoms with Crippen LogP contribution in [0.25, 0.3) is 34.4 Å². The van der Waals surface area contributed by atoms with Gasteiger partial charge in [0.05, 0.1) is 22.8 Å². The summed E-state index contributed by atoms with van der Waals surface area (Å²) in [6, 6.07) is 26.7. The molecule has 6 heterocycles. The average molecular weight is 1150 g/mol. The molecule has 0 spiro atoms. The Balaban J connectivity index is 0. The standard InChI is InChI=1S/2C10H8N2.C8H6N4.4F6P.Ru/c2*1-3-7-11-9(5-1)10-6-2-4-8-12-10;1-3-9-7(10-4-1)8-11-5-2-6-12-8;4*1-7(2,3,4,5)6;/h2*1-8H;1-6H;;;;;/q;;;4*-1;+4. The molecule has 0 atom stereocenters. The van der Waals surface area contributed by atoms with Gasteiger partial charge in [-0.2, -0.15) is 0 Å². The van der Waals surface area contributed by atoms with E-state index in [-0.39, 0.29) is 19.5 Å². The van der Waals surface area contributed by atoms with Gasteiger partial charge in [0.25, 0.3) is 0 Å². The van der Waals surface area contributed by atoms with E-state index in [0.717, 1.165) is 22.8 Å². The van der Waals surface area contributed by atoms with Gasteiger partial charge in [-0.15, -0.1) is 0 Å². The van der Waals surface area contributed by atoms with Crippen molar-refractivity contribution in [2.24, 2.45) is 0 Å². The van der Waals surface area contributed by atoms with Crippen molar-refractivity contribution in [1.82, 2.24) is 39.9 Å². The summed E-state index contributed by atoms with van der Waals surface area (Å²) in [6.45, 7) is 0. The SMILES string of the molecule is F[P-](F)(F)(F)(F)F.F[P-](F)(F)(F)(F)F.F[P-](F)(F)(F)(F)F.F[P-](F)(F)(F)(F)F.[Ru+4].c1ccc(-c2ccccn2)nc1.c1ccc(-c2ccccn2)nc1.c1cnc(-c2ncccn2)nc1. The molecule has 8 nitrogen and oxygen atoms in total. The van der Waals surface area contributed by atoms with Crippen LogP contribution in [0, 0.1) is 0 Å². The molecular formula is C28H22F24N8P4Ru. The van der Waals surface area contributed by atoms with Gasteiger partial charge in [-0.3, -0.25) is 19.9 Å². The van der Waals surface area contributed by atoms with Gasteiger partial charge in [0.15, 0.2) is 11.6 Å². The maximum atomic E-state index is 9.87. The molecule has 0 saturated heterocycles. The Hall–Kier alpha value is -4.58. The summed E-state index contributed by atoms with van der Waals surface area (Å²) in [5.41, 5.74) is 3.66. The predicted octanol–water partition coefficient (Wildman–Crippen LogP) is 18.7. The summed E-state index contributed by atoms with van der Waals surface area (Å²) in [6.07, 6.45) is 13.7. The van der Waals surface area contributed by atoms with Crippen LogP contribution in [0.15, 0.2) is 135 Å². The van der Waals surface area contributed by atoms with E-state index in [1.54, 1.807) is 61.7 Å². The van der Waals surface area contributed by atoms with Crippen molar-refractivity contribution in [3.63, 3.8) is 0 Å². The first-order chi connectivity index (χ1) is 27.7. The molecule has 6 aromatic rings. The molecular weight excluding hydrogens is 1130 g/mol. The second-order valence-electron chi connectivity index (χ2n) is 10.8. The minimum atomic E-state index is -10.7. The zero-order valence-electron chi connectivity index (χ0n) is 30.5. The molecule has 370 valence electrons. The van der Waals surface area contributed by atoms with Crippen LogP contribution in [0.1, 0.15) is 0 Å². The molecule has 6 aromatic heterocycles. The summed E-state index contributed by atoms with van der Waals surface area (Å²) >= 11 is 0. The third-order valence-corrected chi connectivity index (χ3v) is 4.52. The fourth-order valence-corrected chi connectivity index (χ4v) is 2.89. The van der Waals surface area contributed by atoms with Crippen LogP contribution in [0.2, 0.25) is 0 Å². The van der Waals surface area contributed by atoms with Crippen molar-refractivity contribution in [2.75, 3.05) is 0 Å². The molecule has 65 heavy (non-hydrogen) atoms. The van der Waals surface area contributed by atoms with Crippen LogP contribution in [0.4, 0.5) is 101 Å². The second-order valence-corrected chi connectivity index (χ2v) is 18.5. The molecule has 0 radical (unpaired) electrons. The zero-order valence-corrected chi connectivity index (χ0v) is 35.8. The van der Waals surface area contributed by atoms with Gasteiger partial charge in [0.2, 0.25) is 0 Å². The molecule has 0 fully saturated rings. The number of hydrogen-bond acceptors (Lipinski definition) is 8. The molecule has 0 unspecified atom stereocenters. The minimum Gasteiger partial charge on any atom is -0.255 e. The van der Waals surface area contributed by atoms with Crippen LogP contribution in [-0.2, 0) is 19.5 Å². The Labute approximate surface area is 359 Å². The van der Waals surface area contributed by atoms with E-state index < -0.39 is 31.2 Å². The minimum absolute atomic E-state index is 0. The number of pyridine rings is 4. The van der Waals surface area contributed by atoms with Gasteiger partial charge in [0, 0.05) is 49.6 Å². The largest absolute Gasteiger partial charge is 4.00 e. The number of hydrogen-bond donors (Lipinski definition) is 0. The smallest absolute Gasteiger partial charge is 0.255 e. The van der Waals surface area contributed by atoms with E-state index in [9.17, 15) is 101 Å². The molecule has 0 aliphatic rings. The summed E-state index contributed by atoms with van der Waals surface area (Å²) < 4.78 is 237. The van der Waals surface area contributed by atoms with Gasteiger partial charge < -0.3 is 0 Å². The van der Waals surface area contributed by atoms with Gasteiger partial charge in [-0.05, 0) is 60.7 Å². The van der Waals surface area contributed by atoms with Gasteiger partial charge in [0.1, 0.15) is 0 Å². The molecule has 37 heteroatoms. The van der Waals surface area contributed by atoms with E-state index in [1.807, 2.05) is 72.8 Å². The third-order valence-electron chi connectivity index (χ3n) is 4.52. The topological polar surface area (TPSA) is 103 Å². The Morgan fingerprint density at radius 1 is 0.215 bits per heavy atom. The van der Waals surface area contributed by atoms with E-state index in [1.165, 1.54) is 0 Å². The molecule has 0 aliphatic heterocycles. The monoisotopic (exact) mass is 1150 g/mol. The number of halogens is 24. The maximum Gasteiger partial charge on any atom is 4.00 e. The van der Waals surface area contributed by atoms with Crippen molar-refractivity contribution in [2.45, 2.75) is 0 Å². The molecule has 6 rings (SSSR count). The van der Waals surface area contributed by atoms with Crippen LogP contribution in [-0.4, -0.2) is 39.9 Å². The summed E-state index contributed by atoms with van der Waals surface area (Å²) in [5, 5.41) is 0. The summed E-state index contributed by atoms with van der Waals surface area (Å²) in [7, 11) is -42.6. The average Bonchev–Trinajstić information content (AvgIpc) is 3.09. The molecule has 0 N–H and O–H groups in total. The maximum absolute atomic E-state index is 10.7. The van der Waals surface area contributed by atoms with E-state index in [0.29, 0.717) is 11.6 Å². The van der Waals surface area contributed by atoms with Gasteiger partial charge in [-0.1, -0.05) is 24.3 Å². The second kappa shape index (κ2) is 19.0. The first-order valence-corrected chi connectivity index (χ1v) is 23.3. The normalized spacial score (nSPS) is 15.3. The van der Waals surface area contributed by atoms with Crippen LogP contribution in [0.5, 0.6) is 0 Å². The molecule has 0 bridgehead atoms. The van der Waals surface area contributed by atoms with Crippen molar-refractivity contribution in [3.05, 3.63) is 135 Å². The number of aromatic nitrogens is 8. The van der Waals surface area contributed by atoms with Gasteiger partial charge >= 0.3 is 151 Å². The third kappa shape index (κ3) is 63.8. The Kier molecular flexibility index (Phi) is 18.2. The summed E-state index contributed by atoms with van der Waals surface area (Å²) in [4.78, 5) is 32.8. The number of nitrogens with zero attached hydrogens (tertiary/aromatic N) is 8. The summed E-state index contributed by atoms with van der Waals surface area (Å²) in [5.74, 6) is 1.11. The van der Waals surface area contributed by atoms with Crippen LogP contribution >= 0.6 is 31.2 Å². The van der Waals surface area contributed by atoms with Crippen LogP contribution < -0.4 is 0 Å².